The molecule has 3 aromatic rings. The molecule has 1 unspecified atom stereocenters. The van der Waals surface area contributed by atoms with E-state index in [2.05, 4.69) is 26.2 Å². The number of carbonyl (C=O) groups is 1. The highest BCUT2D eigenvalue weighted by Crippen LogP contribution is 2.28. The highest BCUT2D eigenvalue weighted by atomic mass is 16.2. The number of aromatic nitrogens is 6. The van der Waals surface area contributed by atoms with E-state index in [4.69, 9.17) is 0 Å². The molecule has 8 nitrogen and oxygen atoms in total. The van der Waals surface area contributed by atoms with Crippen molar-refractivity contribution in [3.05, 3.63) is 41.2 Å². The standard InChI is InChI=1S/C17H21N7O/c1-11-7-14(24-17(20-11)18-10-19-24)13-5-4-6-23(9-13)16(25)15-8-12(2)21-22(15)3/h7-8,10,13H,4-6,9H2,1-3H3. The average molecular weight is 339 g/mol. The molecule has 0 spiro atoms. The molecule has 0 saturated carbocycles. The SMILES string of the molecule is Cc1cc(C2CCCN(C(=O)c3cc(C)nn3C)C2)n2ncnc2n1. The van der Waals surface area contributed by atoms with E-state index in [-0.39, 0.29) is 11.8 Å². The van der Waals surface area contributed by atoms with Crippen LogP contribution in [0.3, 0.4) is 0 Å². The van der Waals surface area contributed by atoms with Gasteiger partial charge in [0.05, 0.1) is 11.4 Å². The van der Waals surface area contributed by atoms with Crippen LogP contribution in [0.25, 0.3) is 5.78 Å². The fourth-order valence-electron chi connectivity index (χ4n) is 3.63. The third-order valence-electron chi connectivity index (χ3n) is 4.76. The second-order valence-electron chi connectivity index (χ2n) is 6.68. The number of hydrogen-bond acceptors (Lipinski definition) is 5. The van der Waals surface area contributed by atoms with E-state index in [0.717, 1.165) is 36.5 Å². The molecular formula is C17H21N7O. The van der Waals surface area contributed by atoms with E-state index in [1.165, 1.54) is 6.33 Å². The molecule has 3 aromatic heterocycles. The molecular weight excluding hydrogens is 318 g/mol. The van der Waals surface area contributed by atoms with Gasteiger partial charge in [0, 0.05) is 31.7 Å². The lowest BCUT2D eigenvalue weighted by molar-refractivity contribution is 0.0694. The molecule has 0 radical (unpaired) electrons. The molecule has 1 aliphatic rings. The van der Waals surface area contributed by atoms with Crippen LogP contribution in [0, 0.1) is 13.8 Å². The summed E-state index contributed by atoms with van der Waals surface area (Å²) in [4.78, 5) is 23.4. The van der Waals surface area contributed by atoms with E-state index >= 15 is 0 Å². The van der Waals surface area contributed by atoms with Crippen molar-refractivity contribution >= 4 is 11.7 Å². The summed E-state index contributed by atoms with van der Waals surface area (Å²) in [6, 6.07) is 3.90. The Morgan fingerprint density at radius 3 is 2.84 bits per heavy atom. The van der Waals surface area contributed by atoms with Crippen LogP contribution in [-0.4, -0.2) is 53.3 Å². The van der Waals surface area contributed by atoms with Gasteiger partial charge in [0.2, 0.25) is 0 Å². The Morgan fingerprint density at radius 1 is 1.24 bits per heavy atom. The first-order chi connectivity index (χ1) is 12.0. The van der Waals surface area contributed by atoms with Gasteiger partial charge in [0.15, 0.2) is 0 Å². The maximum absolute atomic E-state index is 12.9. The summed E-state index contributed by atoms with van der Waals surface area (Å²) in [5.41, 5.74) is 3.48. The van der Waals surface area contributed by atoms with E-state index in [9.17, 15) is 4.79 Å². The van der Waals surface area contributed by atoms with Crippen molar-refractivity contribution in [1.29, 1.82) is 0 Å². The van der Waals surface area contributed by atoms with Gasteiger partial charge in [0.1, 0.15) is 12.0 Å². The zero-order valence-corrected chi connectivity index (χ0v) is 14.7. The Morgan fingerprint density at radius 2 is 2.08 bits per heavy atom. The summed E-state index contributed by atoms with van der Waals surface area (Å²) in [6.45, 7) is 5.30. The maximum Gasteiger partial charge on any atom is 0.272 e. The van der Waals surface area contributed by atoms with Crippen molar-refractivity contribution in [1.82, 2.24) is 34.3 Å². The van der Waals surface area contributed by atoms with Crippen LogP contribution >= 0.6 is 0 Å². The molecule has 0 bridgehead atoms. The Labute approximate surface area is 145 Å². The van der Waals surface area contributed by atoms with Crippen molar-refractivity contribution in [3.8, 4) is 0 Å². The van der Waals surface area contributed by atoms with Crippen LogP contribution < -0.4 is 0 Å². The Bertz CT molecular complexity index is 942. The van der Waals surface area contributed by atoms with Gasteiger partial charge >= 0.3 is 0 Å². The number of likely N-dealkylation sites (tertiary alicyclic amines) is 1. The molecule has 4 rings (SSSR count). The average Bonchev–Trinajstić information content (AvgIpc) is 3.19. The third-order valence-corrected chi connectivity index (χ3v) is 4.76. The summed E-state index contributed by atoms with van der Waals surface area (Å²) in [7, 11) is 1.81. The third kappa shape index (κ3) is 2.77. The minimum Gasteiger partial charge on any atom is -0.337 e. The van der Waals surface area contributed by atoms with E-state index in [0.29, 0.717) is 18.0 Å². The van der Waals surface area contributed by atoms with Gasteiger partial charge in [-0.05, 0) is 38.8 Å². The number of hydrogen-bond donors (Lipinski definition) is 0. The molecule has 130 valence electrons. The molecule has 0 aliphatic carbocycles. The first-order valence-electron chi connectivity index (χ1n) is 8.50. The Kier molecular flexibility index (Phi) is 3.74. The quantitative estimate of drug-likeness (QED) is 0.707. The lowest BCUT2D eigenvalue weighted by Crippen LogP contribution is -2.40. The molecule has 25 heavy (non-hydrogen) atoms. The summed E-state index contributed by atoms with van der Waals surface area (Å²) in [6.07, 6.45) is 3.51. The lowest BCUT2D eigenvalue weighted by Gasteiger charge is -2.33. The van der Waals surface area contributed by atoms with Crippen LogP contribution in [0.2, 0.25) is 0 Å². The van der Waals surface area contributed by atoms with Gasteiger partial charge in [-0.15, -0.1) is 0 Å². The van der Waals surface area contributed by atoms with E-state index < -0.39 is 0 Å². The smallest absolute Gasteiger partial charge is 0.272 e. The zero-order chi connectivity index (χ0) is 17.6. The first-order valence-corrected chi connectivity index (χ1v) is 8.50. The topological polar surface area (TPSA) is 81.2 Å². The number of fused-ring (bicyclic) bond motifs is 1. The zero-order valence-electron chi connectivity index (χ0n) is 14.7. The van der Waals surface area contributed by atoms with E-state index in [1.54, 1.807) is 9.20 Å². The number of amides is 1. The summed E-state index contributed by atoms with van der Waals surface area (Å²) in [5.74, 6) is 0.868. The fraction of sp³-hybridized carbons (Fsp3) is 0.471. The molecule has 0 N–H and O–H groups in total. The minimum atomic E-state index is 0.0356. The predicted molar refractivity (Wildman–Crippen MR) is 91.3 cm³/mol. The van der Waals surface area contributed by atoms with Gasteiger partial charge in [-0.3, -0.25) is 9.48 Å². The van der Waals surface area contributed by atoms with Crippen molar-refractivity contribution in [2.45, 2.75) is 32.6 Å². The normalized spacial score (nSPS) is 18.0. The Hall–Kier alpha value is -2.77. The maximum atomic E-state index is 12.9. The van der Waals surface area contributed by atoms with Crippen molar-refractivity contribution in [2.24, 2.45) is 7.05 Å². The van der Waals surface area contributed by atoms with Gasteiger partial charge < -0.3 is 4.90 Å². The monoisotopic (exact) mass is 339 g/mol. The minimum absolute atomic E-state index is 0.0356. The number of carbonyl (C=O) groups excluding carboxylic acids is 1. The number of rotatable bonds is 2. The summed E-state index contributed by atoms with van der Waals surface area (Å²) >= 11 is 0. The second kappa shape index (κ2) is 5.94. The largest absolute Gasteiger partial charge is 0.337 e. The highest BCUT2D eigenvalue weighted by molar-refractivity contribution is 5.92. The van der Waals surface area contributed by atoms with Gasteiger partial charge in [-0.1, -0.05) is 0 Å². The molecule has 1 atom stereocenters. The highest BCUT2D eigenvalue weighted by Gasteiger charge is 2.29. The predicted octanol–water partition coefficient (Wildman–Crippen LogP) is 1.49. The van der Waals surface area contributed by atoms with Crippen LogP contribution in [0.5, 0.6) is 0 Å². The molecule has 4 heterocycles. The molecule has 0 aromatic carbocycles. The van der Waals surface area contributed by atoms with Crippen LogP contribution in [-0.2, 0) is 7.05 Å². The molecule has 8 heteroatoms. The molecule has 1 amide bonds. The molecule has 1 aliphatic heterocycles. The van der Waals surface area contributed by atoms with Crippen LogP contribution in [0.4, 0.5) is 0 Å². The number of piperidine rings is 1. The van der Waals surface area contributed by atoms with Crippen molar-refractivity contribution in [3.63, 3.8) is 0 Å². The summed E-state index contributed by atoms with van der Waals surface area (Å²) in [5, 5.41) is 8.59. The summed E-state index contributed by atoms with van der Waals surface area (Å²) < 4.78 is 3.45. The van der Waals surface area contributed by atoms with Crippen molar-refractivity contribution in [2.75, 3.05) is 13.1 Å². The molecule has 1 saturated heterocycles. The lowest BCUT2D eigenvalue weighted by atomic mass is 9.94. The van der Waals surface area contributed by atoms with Crippen LogP contribution in [0.15, 0.2) is 18.5 Å². The first kappa shape index (κ1) is 15.7. The number of aryl methyl sites for hydroxylation is 3. The number of nitrogens with zero attached hydrogens (tertiary/aromatic N) is 7. The van der Waals surface area contributed by atoms with E-state index in [1.807, 2.05) is 31.9 Å². The van der Waals surface area contributed by atoms with Gasteiger partial charge in [-0.2, -0.15) is 15.2 Å². The molecule has 1 fully saturated rings. The van der Waals surface area contributed by atoms with Gasteiger partial charge in [-0.25, -0.2) is 9.50 Å². The van der Waals surface area contributed by atoms with Crippen LogP contribution in [0.1, 0.15) is 46.3 Å². The fourth-order valence-corrected chi connectivity index (χ4v) is 3.63. The van der Waals surface area contributed by atoms with Crippen molar-refractivity contribution < 1.29 is 4.79 Å². The van der Waals surface area contributed by atoms with Gasteiger partial charge in [0.25, 0.3) is 11.7 Å². The second-order valence-corrected chi connectivity index (χ2v) is 6.68. The Balaban J connectivity index is 1.63.